The Morgan fingerprint density at radius 1 is 1.41 bits per heavy atom. The second kappa shape index (κ2) is 7.82. The van der Waals surface area contributed by atoms with Crippen LogP contribution in [0.2, 0.25) is 0 Å². The number of benzene rings is 1. The Hall–Kier alpha value is -1.75. The lowest BCUT2D eigenvalue weighted by molar-refractivity contribution is -0.144. The molecule has 1 heterocycles. The number of carbonyl (C=O) groups is 2. The van der Waals surface area contributed by atoms with Crippen molar-refractivity contribution in [2.45, 2.75) is 48.8 Å². The van der Waals surface area contributed by atoms with E-state index in [2.05, 4.69) is 33.1 Å². The first-order chi connectivity index (χ1) is 13.6. The highest BCUT2D eigenvalue weighted by Gasteiger charge is 2.71. The Labute approximate surface area is 178 Å². The predicted octanol–water partition coefficient (Wildman–Crippen LogP) is 1.81. The first-order valence-electron chi connectivity index (χ1n) is 9.20. The lowest BCUT2D eigenvalue weighted by atomic mass is 9.96. The van der Waals surface area contributed by atoms with E-state index in [-0.39, 0.29) is 24.3 Å². The van der Waals surface area contributed by atoms with Gasteiger partial charge in [0.1, 0.15) is 5.54 Å². The van der Waals surface area contributed by atoms with Crippen molar-refractivity contribution in [3.63, 3.8) is 0 Å². The van der Waals surface area contributed by atoms with Crippen LogP contribution >= 0.6 is 15.9 Å². The van der Waals surface area contributed by atoms with Gasteiger partial charge < -0.3 is 15.7 Å². The van der Waals surface area contributed by atoms with Gasteiger partial charge in [-0.25, -0.2) is 4.79 Å². The quantitative estimate of drug-likeness (QED) is 0.378. The van der Waals surface area contributed by atoms with Crippen LogP contribution in [0.4, 0.5) is 0 Å². The van der Waals surface area contributed by atoms with Gasteiger partial charge in [0.25, 0.3) is 10.1 Å². The molecule has 4 atom stereocenters. The van der Waals surface area contributed by atoms with E-state index in [1.54, 1.807) is 18.2 Å². The molecule has 8 nitrogen and oxygen atoms in total. The molecule has 29 heavy (non-hydrogen) atoms. The van der Waals surface area contributed by atoms with Crippen molar-refractivity contribution >= 4 is 37.9 Å². The highest BCUT2D eigenvalue weighted by Crippen LogP contribution is 2.59. The summed E-state index contributed by atoms with van der Waals surface area (Å²) in [6, 6.07) is 5.31. The molecule has 158 valence electrons. The van der Waals surface area contributed by atoms with Gasteiger partial charge in [-0.2, -0.15) is 8.42 Å². The molecular weight excluding hydrogens is 464 g/mol. The first kappa shape index (κ1) is 21.9. The molecular formula is C19H23BrN2O6S. The normalized spacial score (nSPS) is 31.2. The summed E-state index contributed by atoms with van der Waals surface area (Å²) < 4.78 is 30.8. The number of hydrogen-bond donors (Lipinski definition) is 3. The second-order valence-electron chi connectivity index (χ2n) is 7.41. The van der Waals surface area contributed by atoms with Crippen molar-refractivity contribution in [1.82, 2.24) is 10.6 Å². The SMILES string of the molecule is C=C[C@]1(CC)C[C@]1(NC(=O)[C@@H]1C[C@H](OS(=O)(=O)c2ccc(Br)cc2)CN1)C(=O)O. The third-order valence-electron chi connectivity index (χ3n) is 5.80. The van der Waals surface area contributed by atoms with Crippen LogP contribution in [0.5, 0.6) is 0 Å². The third-order valence-corrected chi connectivity index (χ3v) is 7.70. The summed E-state index contributed by atoms with van der Waals surface area (Å²) >= 11 is 3.24. The van der Waals surface area contributed by atoms with Crippen LogP contribution in [0, 0.1) is 5.41 Å². The van der Waals surface area contributed by atoms with Gasteiger partial charge in [-0.05, 0) is 37.1 Å². The summed E-state index contributed by atoms with van der Waals surface area (Å²) in [6.07, 6.45) is 1.80. The summed E-state index contributed by atoms with van der Waals surface area (Å²) in [5, 5.41) is 15.2. The average molecular weight is 487 g/mol. The maximum Gasteiger partial charge on any atom is 0.330 e. The number of carbonyl (C=O) groups excluding carboxylic acids is 1. The van der Waals surface area contributed by atoms with Crippen molar-refractivity contribution in [2.24, 2.45) is 5.41 Å². The predicted molar refractivity (Wildman–Crippen MR) is 109 cm³/mol. The van der Waals surface area contributed by atoms with Crippen molar-refractivity contribution in [3.8, 4) is 0 Å². The van der Waals surface area contributed by atoms with E-state index in [1.165, 1.54) is 12.1 Å². The number of hydrogen-bond acceptors (Lipinski definition) is 6. The van der Waals surface area contributed by atoms with Crippen LogP contribution in [0.3, 0.4) is 0 Å². The lowest BCUT2D eigenvalue weighted by Gasteiger charge is -2.22. The largest absolute Gasteiger partial charge is 0.479 e. The van der Waals surface area contributed by atoms with Crippen molar-refractivity contribution in [1.29, 1.82) is 0 Å². The molecule has 10 heteroatoms. The number of carboxylic acid groups (broad SMARTS) is 1. The number of amides is 1. The Bertz CT molecular complexity index is 935. The van der Waals surface area contributed by atoms with E-state index in [4.69, 9.17) is 4.18 Å². The van der Waals surface area contributed by atoms with Crippen molar-refractivity contribution in [3.05, 3.63) is 41.4 Å². The van der Waals surface area contributed by atoms with Crippen LogP contribution in [0.15, 0.2) is 46.3 Å². The van der Waals surface area contributed by atoms with Gasteiger partial charge in [0.15, 0.2) is 0 Å². The topological polar surface area (TPSA) is 122 Å². The maximum absolute atomic E-state index is 12.7. The Morgan fingerprint density at radius 3 is 2.59 bits per heavy atom. The van der Waals surface area contributed by atoms with Gasteiger partial charge in [-0.3, -0.25) is 8.98 Å². The Balaban J connectivity index is 1.63. The maximum atomic E-state index is 12.7. The monoisotopic (exact) mass is 486 g/mol. The van der Waals surface area contributed by atoms with Crippen molar-refractivity contribution in [2.75, 3.05) is 6.54 Å². The van der Waals surface area contributed by atoms with Gasteiger partial charge in [-0.1, -0.05) is 28.9 Å². The molecule has 1 saturated heterocycles. The van der Waals surface area contributed by atoms with Gasteiger partial charge in [0.2, 0.25) is 5.91 Å². The summed E-state index contributed by atoms with van der Waals surface area (Å²) in [4.78, 5) is 24.5. The lowest BCUT2D eigenvalue weighted by Crippen LogP contribution is -2.52. The van der Waals surface area contributed by atoms with Crippen LogP contribution in [-0.2, 0) is 23.9 Å². The fourth-order valence-corrected chi connectivity index (χ4v) is 5.22. The fraction of sp³-hybridized carbons (Fsp3) is 0.474. The van der Waals surface area contributed by atoms with E-state index < -0.39 is 45.1 Å². The standard InChI is InChI=1S/C19H23BrN2O6S/c1-3-18(4-2)11-19(18,17(24)25)22-16(23)15-9-13(10-21-15)28-29(26,27)14-7-5-12(20)6-8-14/h3,5-8,13,15,21H,1,4,9-11H2,2H3,(H,22,23)(H,24,25)/t13-,15-,18-,19-/m0/s1. The molecule has 1 saturated carbocycles. The molecule has 0 spiro atoms. The molecule has 0 unspecified atom stereocenters. The highest BCUT2D eigenvalue weighted by atomic mass is 79.9. The zero-order valence-electron chi connectivity index (χ0n) is 15.9. The summed E-state index contributed by atoms with van der Waals surface area (Å²) in [7, 11) is -3.97. The van der Waals surface area contributed by atoms with Gasteiger partial charge >= 0.3 is 5.97 Å². The minimum absolute atomic E-state index is 0.0233. The number of carboxylic acids is 1. The van der Waals surface area contributed by atoms with E-state index in [0.29, 0.717) is 6.42 Å². The van der Waals surface area contributed by atoms with Crippen LogP contribution in [0.25, 0.3) is 0 Å². The molecule has 1 aliphatic carbocycles. The summed E-state index contributed by atoms with van der Waals surface area (Å²) in [5.41, 5.74) is -2.04. The van der Waals surface area contributed by atoms with Crippen LogP contribution < -0.4 is 10.6 Å². The van der Waals surface area contributed by atoms with E-state index in [9.17, 15) is 23.1 Å². The molecule has 1 amide bonds. The third kappa shape index (κ3) is 3.98. The Morgan fingerprint density at radius 2 is 2.07 bits per heavy atom. The molecule has 1 aromatic carbocycles. The zero-order chi connectivity index (χ0) is 21.4. The smallest absolute Gasteiger partial charge is 0.330 e. The zero-order valence-corrected chi connectivity index (χ0v) is 18.3. The number of rotatable bonds is 8. The van der Waals surface area contributed by atoms with E-state index in [1.807, 2.05) is 6.92 Å². The van der Waals surface area contributed by atoms with Gasteiger partial charge in [-0.15, -0.1) is 6.58 Å². The van der Waals surface area contributed by atoms with E-state index in [0.717, 1.165) is 4.47 Å². The summed E-state index contributed by atoms with van der Waals surface area (Å²) in [6.45, 7) is 5.73. The molecule has 2 fully saturated rings. The average Bonchev–Trinajstić information content (AvgIpc) is 3.10. The fourth-order valence-electron chi connectivity index (χ4n) is 3.87. The molecule has 1 aromatic rings. The first-order valence-corrected chi connectivity index (χ1v) is 11.4. The van der Waals surface area contributed by atoms with Crippen LogP contribution in [-0.4, -0.2) is 49.6 Å². The second-order valence-corrected chi connectivity index (χ2v) is 9.90. The Kier molecular flexibility index (Phi) is 5.92. The molecule has 3 N–H and O–H groups in total. The van der Waals surface area contributed by atoms with Gasteiger partial charge in [0.05, 0.1) is 17.0 Å². The number of halogens is 1. The number of nitrogens with one attached hydrogen (secondary N) is 2. The van der Waals surface area contributed by atoms with Gasteiger partial charge in [0, 0.05) is 22.9 Å². The van der Waals surface area contributed by atoms with Crippen molar-refractivity contribution < 1.29 is 27.3 Å². The molecule has 1 aliphatic heterocycles. The molecule has 0 bridgehead atoms. The number of aliphatic carboxylic acids is 1. The van der Waals surface area contributed by atoms with Crippen LogP contribution in [0.1, 0.15) is 26.2 Å². The molecule has 0 radical (unpaired) electrons. The molecule has 0 aromatic heterocycles. The highest BCUT2D eigenvalue weighted by molar-refractivity contribution is 9.10. The molecule has 3 rings (SSSR count). The molecule has 2 aliphatic rings. The van der Waals surface area contributed by atoms with E-state index >= 15 is 0 Å². The summed E-state index contributed by atoms with van der Waals surface area (Å²) in [5.74, 6) is -1.59. The minimum Gasteiger partial charge on any atom is -0.479 e. The minimum atomic E-state index is -3.97.